The molecule has 0 saturated carbocycles. The van der Waals surface area contributed by atoms with Crippen molar-refractivity contribution in [2.24, 2.45) is 0 Å². The Labute approximate surface area is 134 Å². The topological polar surface area (TPSA) is 20.2 Å². The SMILES string of the molecule is CCCCCC[N+](CCCC)(CCCCC)CCCCO. The minimum Gasteiger partial charge on any atom is -0.396 e. The minimum absolute atomic E-state index is 0.360. The van der Waals surface area contributed by atoms with Gasteiger partial charge in [-0.05, 0) is 44.9 Å². The highest BCUT2D eigenvalue weighted by molar-refractivity contribution is 4.51. The first-order chi connectivity index (χ1) is 10.2. The number of unbranched alkanes of at least 4 members (excludes halogenated alkanes) is 7. The molecule has 1 unspecified atom stereocenters. The van der Waals surface area contributed by atoms with Gasteiger partial charge in [0.2, 0.25) is 0 Å². The van der Waals surface area contributed by atoms with Crippen molar-refractivity contribution in [1.29, 1.82) is 0 Å². The van der Waals surface area contributed by atoms with Gasteiger partial charge in [0.1, 0.15) is 0 Å². The van der Waals surface area contributed by atoms with Gasteiger partial charge in [-0.2, -0.15) is 0 Å². The maximum absolute atomic E-state index is 9.09. The third-order valence-corrected chi connectivity index (χ3v) is 4.75. The smallest absolute Gasteiger partial charge is 0.0787 e. The predicted octanol–water partition coefficient (Wildman–Crippen LogP) is 5.15. The zero-order chi connectivity index (χ0) is 15.8. The fraction of sp³-hybridized carbons (Fsp3) is 1.00. The third-order valence-electron chi connectivity index (χ3n) is 4.75. The highest BCUT2D eigenvalue weighted by Crippen LogP contribution is 2.17. The number of rotatable bonds is 16. The van der Waals surface area contributed by atoms with Crippen molar-refractivity contribution in [3.63, 3.8) is 0 Å². The summed E-state index contributed by atoms with van der Waals surface area (Å²) in [4.78, 5) is 0. The Morgan fingerprint density at radius 1 is 0.524 bits per heavy atom. The Morgan fingerprint density at radius 3 is 1.48 bits per heavy atom. The van der Waals surface area contributed by atoms with Crippen molar-refractivity contribution in [2.45, 2.75) is 91.4 Å². The van der Waals surface area contributed by atoms with Crippen molar-refractivity contribution in [1.82, 2.24) is 0 Å². The van der Waals surface area contributed by atoms with Crippen LogP contribution in [0.1, 0.15) is 91.4 Å². The van der Waals surface area contributed by atoms with Gasteiger partial charge in [-0.3, -0.25) is 0 Å². The molecule has 0 radical (unpaired) electrons. The highest BCUT2D eigenvalue weighted by atomic mass is 16.2. The van der Waals surface area contributed by atoms with Gasteiger partial charge in [0, 0.05) is 6.61 Å². The van der Waals surface area contributed by atoms with Crippen LogP contribution in [0.3, 0.4) is 0 Å². The standard InChI is InChI=1S/C19H42NO/c1-4-7-10-12-17-20(15-9-6-3,16-11-8-5-2)18-13-14-19-21/h21H,4-19H2,1-3H3/q+1. The summed E-state index contributed by atoms with van der Waals surface area (Å²) in [6.07, 6.45) is 14.4. The second kappa shape index (κ2) is 14.8. The number of hydrogen-bond donors (Lipinski definition) is 1. The van der Waals surface area contributed by atoms with Gasteiger partial charge in [-0.1, -0.05) is 46.5 Å². The van der Waals surface area contributed by atoms with Crippen LogP contribution in [-0.4, -0.2) is 42.4 Å². The number of aliphatic hydroxyl groups is 1. The van der Waals surface area contributed by atoms with Gasteiger partial charge in [0.05, 0.1) is 26.2 Å². The van der Waals surface area contributed by atoms with E-state index in [1.807, 2.05) is 0 Å². The van der Waals surface area contributed by atoms with Gasteiger partial charge in [0.25, 0.3) is 0 Å². The van der Waals surface area contributed by atoms with Crippen LogP contribution in [0.4, 0.5) is 0 Å². The molecule has 0 aliphatic heterocycles. The predicted molar refractivity (Wildman–Crippen MR) is 94.6 cm³/mol. The zero-order valence-electron chi connectivity index (χ0n) is 15.2. The average Bonchev–Trinajstić information content (AvgIpc) is 2.50. The Morgan fingerprint density at radius 2 is 0.952 bits per heavy atom. The number of quaternary nitrogens is 1. The molecular weight excluding hydrogens is 258 g/mol. The third kappa shape index (κ3) is 11.2. The van der Waals surface area contributed by atoms with Crippen molar-refractivity contribution in [2.75, 3.05) is 32.8 Å². The molecule has 0 aromatic rings. The van der Waals surface area contributed by atoms with Gasteiger partial charge in [0.15, 0.2) is 0 Å². The summed E-state index contributed by atoms with van der Waals surface area (Å²) in [5.41, 5.74) is 0. The summed E-state index contributed by atoms with van der Waals surface area (Å²) in [6.45, 7) is 12.6. The molecule has 0 heterocycles. The summed E-state index contributed by atoms with van der Waals surface area (Å²) >= 11 is 0. The molecule has 128 valence electrons. The van der Waals surface area contributed by atoms with Gasteiger partial charge >= 0.3 is 0 Å². The van der Waals surface area contributed by atoms with Crippen LogP contribution in [0.15, 0.2) is 0 Å². The van der Waals surface area contributed by atoms with Crippen molar-refractivity contribution < 1.29 is 9.59 Å². The molecule has 2 heteroatoms. The summed E-state index contributed by atoms with van der Waals surface area (Å²) in [5.74, 6) is 0. The zero-order valence-corrected chi connectivity index (χ0v) is 15.2. The Bertz CT molecular complexity index is 196. The van der Waals surface area contributed by atoms with Crippen LogP contribution in [0.25, 0.3) is 0 Å². The fourth-order valence-electron chi connectivity index (χ4n) is 3.29. The van der Waals surface area contributed by atoms with Crippen molar-refractivity contribution in [3.8, 4) is 0 Å². The average molecular weight is 301 g/mol. The Balaban J connectivity index is 4.48. The van der Waals surface area contributed by atoms with Crippen molar-refractivity contribution >= 4 is 0 Å². The monoisotopic (exact) mass is 300 g/mol. The molecule has 0 rings (SSSR count). The molecule has 0 fully saturated rings. The lowest BCUT2D eigenvalue weighted by molar-refractivity contribution is -0.929. The molecule has 0 saturated heterocycles. The Hall–Kier alpha value is -0.0800. The van der Waals surface area contributed by atoms with E-state index in [9.17, 15) is 0 Å². The van der Waals surface area contributed by atoms with E-state index >= 15 is 0 Å². The number of hydrogen-bond acceptors (Lipinski definition) is 1. The van der Waals surface area contributed by atoms with E-state index in [0.29, 0.717) is 6.61 Å². The maximum atomic E-state index is 9.09. The first kappa shape index (κ1) is 20.9. The van der Waals surface area contributed by atoms with Crippen LogP contribution in [0.2, 0.25) is 0 Å². The lowest BCUT2D eigenvalue weighted by Crippen LogP contribution is -2.50. The van der Waals surface area contributed by atoms with Crippen LogP contribution in [0, 0.1) is 0 Å². The van der Waals surface area contributed by atoms with E-state index in [1.54, 1.807) is 0 Å². The fourth-order valence-corrected chi connectivity index (χ4v) is 3.29. The molecule has 0 aliphatic rings. The van der Waals surface area contributed by atoms with Crippen LogP contribution in [0.5, 0.6) is 0 Å². The summed E-state index contributed by atoms with van der Waals surface area (Å²) in [5, 5.41) is 9.09. The first-order valence-electron chi connectivity index (χ1n) is 9.70. The quantitative estimate of drug-likeness (QED) is 0.309. The second-order valence-electron chi connectivity index (χ2n) is 6.79. The number of aliphatic hydroxyl groups excluding tert-OH is 1. The molecular formula is C19H42NO+. The molecule has 0 aromatic carbocycles. The lowest BCUT2D eigenvalue weighted by Gasteiger charge is -2.39. The van der Waals surface area contributed by atoms with Gasteiger partial charge in [-0.25, -0.2) is 0 Å². The van der Waals surface area contributed by atoms with Crippen LogP contribution < -0.4 is 0 Å². The van der Waals surface area contributed by atoms with E-state index in [1.165, 1.54) is 94.9 Å². The van der Waals surface area contributed by atoms with Crippen LogP contribution in [-0.2, 0) is 0 Å². The second-order valence-corrected chi connectivity index (χ2v) is 6.79. The molecule has 0 spiro atoms. The molecule has 0 bridgehead atoms. The van der Waals surface area contributed by atoms with E-state index < -0.39 is 0 Å². The summed E-state index contributed by atoms with van der Waals surface area (Å²) < 4.78 is 1.33. The summed E-state index contributed by atoms with van der Waals surface area (Å²) in [7, 11) is 0. The largest absolute Gasteiger partial charge is 0.396 e. The van der Waals surface area contributed by atoms with Gasteiger partial charge < -0.3 is 9.59 Å². The van der Waals surface area contributed by atoms with Gasteiger partial charge in [-0.15, -0.1) is 0 Å². The molecule has 2 nitrogen and oxygen atoms in total. The number of nitrogens with zero attached hydrogens (tertiary/aromatic N) is 1. The Kier molecular flexibility index (Phi) is 14.8. The molecule has 21 heavy (non-hydrogen) atoms. The van der Waals surface area contributed by atoms with E-state index in [2.05, 4.69) is 20.8 Å². The molecule has 1 atom stereocenters. The summed E-state index contributed by atoms with van der Waals surface area (Å²) in [6, 6.07) is 0. The molecule has 0 aliphatic carbocycles. The maximum Gasteiger partial charge on any atom is 0.0787 e. The normalized spacial score (nSPS) is 14.3. The highest BCUT2D eigenvalue weighted by Gasteiger charge is 2.25. The minimum atomic E-state index is 0.360. The molecule has 1 N–H and O–H groups in total. The molecule has 0 aromatic heterocycles. The van der Waals surface area contributed by atoms with E-state index in [0.717, 1.165) is 6.42 Å². The van der Waals surface area contributed by atoms with Crippen LogP contribution >= 0.6 is 0 Å². The molecule has 0 amide bonds. The first-order valence-corrected chi connectivity index (χ1v) is 9.70. The lowest BCUT2D eigenvalue weighted by atomic mass is 10.1. The van der Waals surface area contributed by atoms with Crippen molar-refractivity contribution in [3.05, 3.63) is 0 Å². The van der Waals surface area contributed by atoms with E-state index in [4.69, 9.17) is 5.11 Å². The van der Waals surface area contributed by atoms with E-state index in [-0.39, 0.29) is 0 Å².